The van der Waals surface area contributed by atoms with Crippen molar-refractivity contribution >= 4 is 40.4 Å². The van der Waals surface area contributed by atoms with Crippen molar-refractivity contribution in [2.24, 2.45) is 5.41 Å². The Kier molecular flexibility index (Phi) is 7.61. The smallest absolute Gasteiger partial charge is 0.327 e. The van der Waals surface area contributed by atoms with Gasteiger partial charge in [-0.1, -0.05) is 62.9 Å². The van der Waals surface area contributed by atoms with Crippen LogP contribution in [0.3, 0.4) is 0 Å². The number of benzene rings is 2. The van der Waals surface area contributed by atoms with Gasteiger partial charge in [-0.15, -0.1) is 0 Å². The molecule has 1 atom stereocenters. The van der Waals surface area contributed by atoms with E-state index in [1.54, 1.807) is 23.7 Å². The van der Waals surface area contributed by atoms with E-state index in [-0.39, 0.29) is 5.91 Å². The van der Waals surface area contributed by atoms with Crippen molar-refractivity contribution in [3.63, 3.8) is 0 Å². The van der Waals surface area contributed by atoms with Crippen molar-refractivity contribution in [3.8, 4) is 0 Å². The first kappa shape index (κ1) is 23.9. The van der Waals surface area contributed by atoms with Gasteiger partial charge in [0, 0.05) is 24.9 Å². The Morgan fingerprint density at radius 2 is 1.72 bits per heavy atom. The molecule has 32 heavy (non-hydrogen) atoms. The molecular weight excluding hydrogens is 422 g/mol. The van der Waals surface area contributed by atoms with Crippen LogP contribution < -0.4 is 4.90 Å². The Hall–Kier alpha value is -2.80. The first-order valence-corrected chi connectivity index (χ1v) is 11.8. The number of para-hydroxylation sites is 3. The van der Waals surface area contributed by atoms with Gasteiger partial charge >= 0.3 is 5.97 Å². The lowest BCUT2D eigenvalue weighted by molar-refractivity contribution is -0.144. The van der Waals surface area contributed by atoms with Crippen LogP contribution >= 0.6 is 11.8 Å². The van der Waals surface area contributed by atoms with Crippen molar-refractivity contribution in [2.45, 2.75) is 51.2 Å². The first-order valence-electron chi connectivity index (χ1n) is 10.8. The largest absolute Gasteiger partial charge is 0.480 e. The van der Waals surface area contributed by atoms with E-state index in [0.29, 0.717) is 11.6 Å². The highest BCUT2D eigenvalue weighted by Crippen LogP contribution is 2.37. The summed E-state index contributed by atoms with van der Waals surface area (Å²) in [6.07, 6.45) is 2.09. The summed E-state index contributed by atoms with van der Waals surface area (Å²) in [6.45, 7) is 5.80. The van der Waals surface area contributed by atoms with Gasteiger partial charge in [-0.3, -0.25) is 4.79 Å². The van der Waals surface area contributed by atoms with Gasteiger partial charge in [-0.05, 0) is 42.5 Å². The average Bonchev–Trinajstić information content (AvgIpc) is 3.10. The summed E-state index contributed by atoms with van der Waals surface area (Å²) in [5, 5.41) is 10.7. The van der Waals surface area contributed by atoms with Crippen molar-refractivity contribution in [2.75, 3.05) is 17.7 Å². The summed E-state index contributed by atoms with van der Waals surface area (Å²) in [4.78, 5) is 31.0. The summed E-state index contributed by atoms with van der Waals surface area (Å²) in [6, 6.07) is 16.6. The van der Waals surface area contributed by atoms with Crippen LogP contribution in [-0.4, -0.2) is 39.3 Å². The van der Waals surface area contributed by atoms with Gasteiger partial charge in [0.15, 0.2) is 5.16 Å². The van der Waals surface area contributed by atoms with Gasteiger partial charge in [-0.2, -0.15) is 0 Å². The zero-order valence-corrected chi connectivity index (χ0v) is 19.9. The fraction of sp³-hybridized carbons (Fsp3) is 0.400. The molecule has 0 fully saturated rings. The molecule has 0 aliphatic carbocycles. The molecule has 0 saturated heterocycles. The molecule has 0 aliphatic heterocycles. The van der Waals surface area contributed by atoms with Crippen LogP contribution in [0, 0.1) is 5.41 Å². The highest BCUT2D eigenvalue weighted by Gasteiger charge is 2.35. The molecule has 0 aliphatic rings. The van der Waals surface area contributed by atoms with E-state index in [0.717, 1.165) is 35.3 Å². The molecule has 1 N–H and O–H groups in total. The number of hydrogen-bond donors (Lipinski definition) is 1. The minimum atomic E-state index is -0.864. The molecule has 6 nitrogen and oxygen atoms in total. The Balaban J connectivity index is 1.65. The molecule has 0 radical (unpaired) electrons. The lowest BCUT2D eigenvalue weighted by Crippen LogP contribution is -2.32. The zero-order chi connectivity index (χ0) is 23.3. The Bertz CT molecular complexity index is 1070. The van der Waals surface area contributed by atoms with Gasteiger partial charge in [0.2, 0.25) is 5.91 Å². The molecule has 7 heteroatoms. The third kappa shape index (κ3) is 5.51. The molecular formula is C25H31N3O3S. The zero-order valence-electron chi connectivity index (χ0n) is 19.1. The number of hydrogen-bond acceptors (Lipinski definition) is 4. The summed E-state index contributed by atoms with van der Waals surface area (Å²) >= 11 is 1.55. The Labute approximate surface area is 193 Å². The fourth-order valence-electron chi connectivity index (χ4n) is 3.75. The monoisotopic (exact) mass is 453 g/mol. The third-order valence-corrected chi connectivity index (χ3v) is 6.45. The molecule has 1 unspecified atom stereocenters. The van der Waals surface area contributed by atoms with Crippen molar-refractivity contribution in [3.05, 3.63) is 54.6 Å². The van der Waals surface area contributed by atoms with Crippen LogP contribution in [0.25, 0.3) is 11.0 Å². The first-order chi connectivity index (χ1) is 15.2. The van der Waals surface area contributed by atoms with Crippen LogP contribution in [0.15, 0.2) is 59.8 Å². The van der Waals surface area contributed by atoms with E-state index in [1.807, 2.05) is 79.9 Å². The number of amides is 1. The minimum Gasteiger partial charge on any atom is -0.480 e. The number of carbonyl (C=O) groups is 2. The lowest BCUT2D eigenvalue weighted by atomic mass is 9.86. The van der Waals surface area contributed by atoms with Gasteiger partial charge in [-0.25, -0.2) is 9.78 Å². The summed E-state index contributed by atoms with van der Waals surface area (Å²) in [7, 11) is 1.80. The van der Waals surface area contributed by atoms with Crippen LogP contribution in [0.4, 0.5) is 5.69 Å². The number of thioether (sulfide) groups is 1. The number of anilines is 1. The standard InChI is InChI=1S/C25H31N3O3S/c1-25(2,3)22(23(30)31)28-20-15-9-8-14-19(20)26-24(28)32-17-11-10-16-21(29)27(4)18-12-6-5-7-13-18/h5-9,12-15,22H,10-11,16-17H2,1-4H3,(H,30,31). The molecule has 170 valence electrons. The maximum atomic E-state index is 12.5. The highest BCUT2D eigenvalue weighted by atomic mass is 32.2. The quantitative estimate of drug-likeness (QED) is 0.335. The van der Waals surface area contributed by atoms with Crippen LogP contribution in [0.1, 0.15) is 46.1 Å². The highest BCUT2D eigenvalue weighted by molar-refractivity contribution is 7.99. The Morgan fingerprint density at radius 3 is 2.38 bits per heavy atom. The molecule has 0 bridgehead atoms. The van der Waals surface area contributed by atoms with Gasteiger partial charge < -0.3 is 14.6 Å². The lowest BCUT2D eigenvalue weighted by Gasteiger charge is -2.29. The van der Waals surface area contributed by atoms with Crippen LogP contribution in [-0.2, 0) is 9.59 Å². The van der Waals surface area contributed by atoms with E-state index < -0.39 is 17.4 Å². The fourth-order valence-corrected chi connectivity index (χ4v) is 4.78. The predicted molar refractivity (Wildman–Crippen MR) is 130 cm³/mol. The topological polar surface area (TPSA) is 75.4 Å². The summed E-state index contributed by atoms with van der Waals surface area (Å²) in [5.74, 6) is -0.00792. The molecule has 1 aromatic heterocycles. The number of carbonyl (C=O) groups excluding carboxylic acids is 1. The molecule has 2 aromatic carbocycles. The van der Waals surface area contributed by atoms with E-state index in [4.69, 9.17) is 4.98 Å². The summed E-state index contributed by atoms with van der Waals surface area (Å²) < 4.78 is 1.86. The molecule has 3 aromatic rings. The average molecular weight is 454 g/mol. The maximum Gasteiger partial charge on any atom is 0.327 e. The number of aromatic nitrogens is 2. The number of fused-ring (bicyclic) bond motifs is 1. The predicted octanol–water partition coefficient (Wildman–Crippen LogP) is 5.63. The number of nitrogens with zero attached hydrogens (tertiary/aromatic N) is 3. The number of rotatable bonds is 9. The second-order valence-electron chi connectivity index (χ2n) is 8.95. The van der Waals surface area contributed by atoms with Crippen molar-refractivity contribution < 1.29 is 14.7 Å². The maximum absolute atomic E-state index is 12.5. The van der Waals surface area contributed by atoms with Crippen molar-refractivity contribution in [1.29, 1.82) is 0 Å². The summed E-state index contributed by atoms with van der Waals surface area (Å²) in [5.41, 5.74) is 2.05. The van der Waals surface area contributed by atoms with E-state index in [2.05, 4.69) is 0 Å². The van der Waals surface area contributed by atoms with Crippen molar-refractivity contribution in [1.82, 2.24) is 9.55 Å². The molecule has 0 spiro atoms. The number of carboxylic acid groups (broad SMARTS) is 1. The van der Waals surface area contributed by atoms with E-state index in [1.165, 1.54) is 0 Å². The third-order valence-electron chi connectivity index (χ3n) is 5.41. The second kappa shape index (κ2) is 10.2. The van der Waals surface area contributed by atoms with Gasteiger partial charge in [0.1, 0.15) is 6.04 Å². The van der Waals surface area contributed by atoms with Gasteiger partial charge in [0.25, 0.3) is 0 Å². The molecule has 0 saturated carbocycles. The van der Waals surface area contributed by atoms with Crippen LogP contribution in [0.5, 0.6) is 0 Å². The van der Waals surface area contributed by atoms with Crippen LogP contribution in [0.2, 0.25) is 0 Å². The number of carboxylic acids is 1. The normalized spacial score (nSPS) is 12.6. The molecule has 1 amide bonds. The number of unbranched alkanes of at least 4 members (excludes halogenated alkanes) is 1. The van der Waals surface area contributed by atoms with Gasteiger partial charge in [0.05, 0.1) is 11.0 Å². The second-order valence-corrected chi connectivity index (χ2v) is 10.0. The molecule has 1 heterocycles. The minimum absolute atomic E-state index is 0.0899. The number of aliphatic carboxylic acids is 1. The SMILES string of the molecule is CN(C(=O)CCCCSc1nc2ccccc2n1C(C(=O)O)C(C)(C)C)c1ccccc1. The molecule has 3 rings (SSSR count). The Morgan fingerprint density at radius 1 is 1.06 bits per heavy atom. The van der Waals surface area contributed by atoms with E-state index >= 15 is 0 Å². The van der Waals surface area contributed by atoms with E-state index in [9.17, 15) is 14.7 Å². The number of imidazole rings is 1.